The van der Waals surface area contributed by atoms with Crippen molar-refractivity contribution in [1.82, 2.24) is 24.1 Å². The van der Waals surface area contributed by atoms with E-state index >= 15 is 0 Å². The number of imidazole rings is 2. The lowest BCUT2D eigenvalue weighted by Gasteiger charge is -2.16. The zero-order valence-corrected chi connectivity index (χ0v) is 18.0. The van der Waals surface area contributed by atoms with Gasteiger partial charge < -0.3 is 4.57 Å². The van der Waals surface area contributed by atoms with Crippen molar-refractivity contribution in [1.29, 1.82) is 0 Å². The van der Waals surface area contributed by atoms with Gasteiger partial charge in [0.25, 0.3) is 0 Å². The minimum absolute atomic E-state index is 0.116. The Balaban J connectivity index is 2.08. The van der Waals surface area contributed by atoms with Crippen LogP contribution < -0.4 is 0 Å². The first kappa shape index (κ1) is 19.6. The molecule has 0 amide bonds. The second kappa shape index (κ2) is 7.25. The molecule has 0 saturated heterocycles. The Hall–Kier alpha value is -2.76. The SMILES string of the molecule is CCC(CC)c1cc(C)nn2c(-c3nc4ccc(F)cc4n3C(C)C)c(C)nc12. The predicted molar refractivity (Wildman–Crippen MR) is 115 cm³/mol. The third-order valence-corrected chi connectivity index (χ3v) is 5.71. The lowest BCUT2D eigenvalue weighted by molar-refractivity contribution is 0.611. The summed E-state index contributed by atoms with van der Waals surface area (Å²) in [6, 6.07) is 7.02. The van der Waals surface area contributed by atoms with E-state index in [1.807, 2.05) is 18.4 Å². The van der Waals surface area contributed by atoms with Crippen molar-refractivity contribution in [2.75, 3.05) is 0 Å². The van der Waals surface area contributed by atoms with Gasteiger partial charge in [-0.2, -0.15) is 5.10 Å². The molecule has 29 heavy (non-hydrogen) atoms. The van der Waals surface area contributed by atoms with Crippen LogP contribution in [-0.4, -0.2) is 24.1 Å². The maximum atomic E-state index is 14.0. The number of rotatable bonds is 5. The van der Waals surface area contributed by atoms with Crippen molar-refractivity contribution in [3.8, 4) is 11.5 Å². The van der Waals surface area contributed by atoms with Crippen LogP contribution >= 0.6 is 0 Å². The number of benzene rings is 1. The van der Waals surface area contributed by atoms with Gasteiger partial charge in [0, 0.05) is 11.6 Å². The van der Waals surface area contributed by atoms with Crippen molar-refractivity contribution >= 4 is 16.7 Å². The second-order valence-corrected chi connectivity index (χ2v) is 8.07. The van der Waals surface area contributed by atoms with Crippen LogP contribution in [0.3, 0.4) is 0 Å². The second-order valence-electron chi connectivity index (χ2n) is 8.07. The molecule has 0 atom stereocenters. The summed E-state index contributed by atoms with van der Waals surface area (Å²) in [6.07, 6.45) is 2.11. The third-order valence-electron chi connectivity index (χ3n) is 5.71. The molecule has 0 unspecified atom stereocenters. The topological polar surface area (TPSA) is 48.0 Å². The van der Waals surface area contributed by atoms with Crippen molar-refractivity contribution in [3.63, 3.8) is 0 Å². The molecule has 0 aliphatic heterocycles. The first-order valence-electron chi connectivity index (χ1n) is 10.4. The van der Waals surface area contributed by atoms with Crippen molar-refractivity contribution < 1.29 is 4.39 Å². The van der Waals surface area contributed by atoms with Gasteiger partial charge in [-0.15, -0.1) is 0 Å². The summed E-state index contributed by atoms with van der Waals surface area (Å²) in [5.74, 6) is 0.955. The Morgan fingerprint density at radius 2 is 1.76 bits per heavy atom. The van der Waals surface area contributed by atoms with Crippen LogP contribution in [0.2, 0.25) is 0 Å². The highest BCUT2D eigenvalue weighted by Gasteiger charge is 2.24. The number of nitrogens with zero attached hydrogens (tertiary/aromatic N) is 5. The van der Waals surface area contributed by atoms with E-state index in [1.54, 1.807) is 12.1 Å². The molecule has 5 nitrogen and oxygen atoms in total. The minimum Gasteiger partial charge on any atom is -0.320 e. The van der Waals surface area contributed by atoms with E-state index in [-0.39, 0.29) is 11.9 Å². The molecule has 1 aromatic carbocycles. The van der Waals surface area contributed by atoms with Gasteiger partial charge >= 0.3 is 0 Å². The molecular formula is C23H28FN5. The highest BCUT2D eigenvalue weighted by atomic mass is 19.1. The molecule has 0 aliphatic carbocycles. The monoisotopic (exact) mass is 393 g/mol. The van der Waals surface area contributed by atoms with Crippen LogP contribution in [-0.2, 0) is 0 Å². The summed E-state index contributed by atoms with van der Waals surface area (Å²) in [4.78, 5) is 9.78. The fraction of sp³-hybridized carbons (Fsp3) is 0.435. The van der Waals surface area contributed by atoms with E-state index in [0.717, 1.165) is 52.4 Å². The summed E-state index contributed by atoms with van der Waals surface area (Å²) in [5.41, 5.74) is 6.40. The summed E-state index contributed by atoms with van der Waals surface area (Å²) >= 11 is 0. The Bertz CT molecular complexity index is 1200. The van der Waals surface area contributed by atoms with Crippen LogP contribution in [0.25, 0.3) is 28.2 Å². The summed E-state index contributed by atoms with van der Waals surface area (Å²) in [7, 11) is 0. The van der Waals surface area contributed by atoms with Gasteiger partial charge in [0.2, 0.25) is 0 Å². The van der Waals surface area contributed by atoms with Gasteiger partial charge in [0.1, 0.15) is 11.5 Å². The van der Waals surface area contributed by atoms with E-state index in [4.69, 9.17) is 15.1 Å². The largest absolute Gasteiger partial charge is 0.320 e. The van der Waals surface area contributed by atoms with Crippen LogP contribution in [0, 0.1) is 19.7 Å². The lowest BCUT2D eigenvalue weighted by Crippen LogP contribution is -2.08. The molecule has 0 fully saturated rings. The van der Waals surface area contributed by atoms with E-state index in [2.05, 4.69) is 38.3 Å². The average molecular weight is 394 g/mol. The average Bonchev–Trinajstić information content (AvgIpc) is 3.18. The van der Waals surface area contributed by atoms with Gasteiger partial charge in [0.05, 0.1) is 22.4 Å². The Morgan fingerprint density at radius 1 is 1.03 bits per heavy atom. The van der Waals surface area contributed by atoms with E-state index in [9.17, 15) is 4.39 Å². The molecule has 0 bridgehead atoms. The standard InChI is InChI=1S/C23H28FN5/c1-7-16(8-2)18-11-14(5)27-29-21(15(6)25-22(18)29)23-26-19-10-9-17(24)12-20(19)28(23)13(3)4/h9-13,16H,7-8H2,1-6H3. The van der Waals surface area contributed by atoms with Gasteiger partial charge in [-0.05, 0) is 70.7 Å². The molecule has 152 valence electrons. The van der Waals surface area contributed by atoms with Crippen molar-refractivity contribution in [2.24, 2.45) is 0 Å². The quantitative estimate of drug-likeness (QED) is 0.419. The number of aryl methyl sites for hydroxylation is 2. The minimum atomic E-state index is -0.259. The van der Waals surface area contributed by atoms with Crippen LogP contribution in [0.1, 0.15) is 69.4 Å². The smallest absolute Gasteiger partial charge is 0.162 e. The Morgan fingerprint density at radius 3 is 2.41 bits per heavy atom. The van der Waals surface area contributed by atoms with Gasteiger partial charge in [0.15, 0.2) is 11.5 Å². The maximum absolute atomic E-state index is 14.0. The molecule has 3 heterocycles. The molecule has 0 aliphatic rings. The molecule has 0 N–H and O–H groups in total. The number of hydrogen-bond acceptors (Lipinski definition) is 3. The Labute approximate surface area is 170 Å². The number of hydrogen-bond donors (Lipinski definition) is 0. The molecule has 4 rings (SSSR count). The van der Waals surface area contributed by atoms with Crippen LogP contribution in [0.5, 0.6) is 0 Å². The van der Waals surface area contributed by atoms with E-state index in [0.29, 0.717) is 5.92 Å². The van der Waals surface area contributed by atoms with E-state index in [1.165, 1.54) is 11.6 Å². The van der Waals surface area contributed by atoms with Crippen LogP contribution in [0.15, 0.2) is 24.3 Å². The predicted octanol–water partition coefficient (Wildman–Crippen LogP) is 5.99. The molecular weight excluding hydrogens is 365 g/mol. The fourth-order valence-corrected chi connectivity index (χ4v) is 4.32. The van der Waals surface area contributed by atoms with Gasteiger partial charge in [-0.1, -0.05) is 13.8 Å². The first-order valence-corrected chi connectivity index (χ1v) is 10.4. The van der Waals surface area contributed by atoms with Crippen LogP contribution in [0.4, 0.5) is 4.39 Å². The molecule has 0 saturated carbocycles. The normalized spacial score (nSPS) is 12.2. The highest BCUT2D eigenvalue weighted by molar-refractivity contribution is 5.81. The number of fused-ring (bicyclic) bond motifs is 2. The van der Waals surface area contributed by atoms with Crippen molar-refractivity contribution in [3.05, 3.63) is 47.0 Å². The molecule has 4 aromatic rings. The summed E-state index contributed by atoms with van der Waals surface area (Å²) < 4.78 is 18.0. The zero-order chi connectivity index (χ0) is 20.9. The number of aromatic nitrogens is 5. The highest BCUT2D eigenvalue weighted by Crippen LogP contribution is 2.34. The third kappa shape index (κ3) is 3.11. The summed E-state index contributed by atoms with van der Waals surface area (Å²) in [5, 5.41) is 4.80. The molecule has 0 spiro atoms. The summed E-state index contributed by atoms with van der Waals surface area (Å²) in [6.45, 7) is 12.6. The lowest BCUT2D eigenvalue weighted by atomic mass is 9.95. The molecule has 3 aromatic heterocycles. The maximum Gasteiger partial charge on any atom is 0.162 e. The van der Waals surface area contributed by atoms with Crippen molar-refractivity contribution in [2.45, 2.75) is 66.3 Å². The van der Waals surface area contributed by atoms with Gasteiger partial charge in [-0.25, -0.2) is 18.9 Å². The first-order chi connectivity index (χ1) is 13.8. The molecule has 6 heteroatoms. The number of halogens is 1. The Kier molecular flexibility index (Phi) is 4.89. The molecule has 0 radical (unpaired) electrons. The van der Waals surface area contributed by atoms with Gasteiger partial charge in [-0.3, -0.25) is 0 Å². The fourth-order valence-electron chi connectivity index (χ4n) is 4.32. The van der Waals surface area contributed by atoms with E-state index < -0.39 is 0 Å². The zero-order valence-electron chi connectivity index (χ0n) is 18.0.